The van der Waals surface area contributed by atoms with Gasteiger partial charge in [-0.1, -0.05) is 0 Å². The fraction of sp³-hybridized carbons (Fsp3) is 0.294. The van der Waals surface area contributed by atoms with Crippen LogP contribution in [0.25, 0.3) is 0 Å². The maximum Gasteiger partial charge on any atom is 0.291 e. The van der Waals surface area contributed by atoms with E-state index in [4.69, 9.17) is 9.15 Å². The van der Waals surface area contributed by atoms with Crippen LogP contribution in [0.15, 0.2) is 41.0 Å². The predicted molar refractivity (Wildman–Crippen MR) is 92.4 cm³/mol. The van der Waals surface area contributed by atoms with Gasteiger partial charge in [0.05, 0.1) is 19.2 Å². The van der Waals surface area contributed by atoms with Gasteiger partial charge in [-0.2, -0.15) is 0 Å². The van der Waals surface area contributed by atoms with Crippen molar-refractivity contribution in [2.24, 2.45) is 0 Å². The number of carbonyl (C=O) groups excluding carboxylic acids is 2. The molecule has 1 aromatic heterocycles. The summed E-state index contributed by atoms with van der Waals surface area (Å²) in [4.78, 5) is 26.7. The lowest BCUT2D eigenvalue weighted by molar-refractivity contribution is -0.119. The van der Waals surface area contributed by atoms with Gasteiger partial charge in [-0.3, -0.25) is 9.59 Å². The van der Waals surface area contributed by atoms with Crippen LogP contribution in [-0.2, 0) is 4.79 Å². The smallest absolute Gasteiger partial charge is 0.291 e. The zero-order valence-corrected chi connectivity index (χ0v) is 14.3. The molecule has 24 heavy (non-hydrogen) atoms. The minimum Gasteiger partial charge on any atom is -0.497 e. The second kappa shape index (κ2) is 7.00. The second-order valence-electron chi connectivity index (χ2n) is 5.44. The molecule has 2 aromatic rings. The lowest BCUT2D eigenvalue weighted by atomic mass is 10.2. The Labute approximate surface area is 144 Å². The molecule has 1 aromatic carbocycles. The largest absolute Gasteiger partial charge is 0.497 e. The molecule has 6 nitrogen and oxygen atoms in total. The summed E-state index contributed by atoms with van der Waals surface area (Å²) in [5, 5.41) is 2.85. The Kier molecular flexibility index (Phi) is 4.80. The summed E-state index contributed by atoms with van der Waals surface area (Å²) in [7, 11) is 1.59. The highest BCUT2D eigenvalue weighted by Gasteiger charge is 2.36. The highest BCUT2D eigenvalue weighted by Crippen LogP contribution is 2.26. The molecule has 1 N–H and O–H groups in total. The van der Waals surface area contributed by atoms with Crippen LogP contribution in [0, 0.1) is 6.92 Å². The number of thioether (sulfide) groups is 1. The summed E-state index contributed by atoms with van der Waals surface area (Å²) in [6, 6.07) is 8.29. The van der Waals surface area contributed by atoms with Gasteiger partial charge in [0, 0.05) is 17.0 Å². The summed E-state index contributed by atoms with van der Waals surface area (Å²) in [6.07, 6.45) is 1.48. The molecule has 1 saturated heterocycles. The number of amides is 2. The van der Waals surface area contributed by atoms with Crippen LogP contribution >= 0.6 is 11.8 Å². The molecule has 1 fully saturated rings. The Balaban J connectivity index is 1.71. The number of nitrogens with one attached hydrogen (secondary N) is 1. The molecule has 2 amide bonds. The summed E-state index contributed by atoms with van der Waals surface area (Å²) >= 11 is 1.55. The van der Waals surface area contributed by atoms with E-state index in [0.29, 0.717) is 23.1 Å². The highest BCUT2D eigenvalue weighted by atomic mass is 32.2. The molecule has 3 rings (SSSR count). The van der Waals surface area contributed by atoms with Gasteiger partial charge in [0.1, 0.15) is 11.8 Å². The van der Waals surface area contributed by atoms with E-state index < -0.39 is 6.04 Å². The number of rotatable bonds is 4. The summed E-state index contributed by atoms with van der Waals surface area (Å²) < 4.78 is 10.4. The van der Waals surface area contributed by atoms with Crippen LogP contribution < -0.4 is 10.1 Å². The topological polar surface area (TPSA) is 71.8 Å². The van der Waals surface area contributed by atoms with Gasteiger partial charge in [-0.05, 0) is 37.3 Å². The number of aryl methyl sites for hydroxylation is 1. The molecule has 1 atom stereocenters. The lowest BCUT2D eigenvalue weighted by Crippen LogP contribution is -2.44. The first-order valence-electron chi connectivity index (χ1n) is 7.48. The average Bonchev–Trinajstić information content (AvgIpc) is 3.24. The zero-order valence-electron chi connectivity index (χ0n) is 13.4. The van der Waals surface area contributed by atoms with Crippen molar-refractivity contribution < 1.29 is 18.7 Å². The molecule has 0 saturated carbocycles. The van der Waals surface area contributed by atoms with Crippen molar-refractivity contribution >= 4 is 29.3 Å². The maximum absolute atomic E-state index is 12.6. The van der Waals surface area contributed by atoms with Gasteiger partial charge in [0.15, 0.2) is 5.76 Å². The van der Waals surface area contributed by atoms with E-state index in [9.17, 15) is 9.59 Å². The van der Waals surface area contributed by atoms with Crippen molar-refractivity contribution in [2.75, 3.05) is 24.1 Å². The van der Waals surface area contributed by atoms with Crippen molar-refractivity contribution in [1.29, 1.82) is 0 Å². The highest BCUT2D eigenvalue weighted by molar-refractivity contribution is 7.99. The zero-order chi connectivity index (χ0) is 17.1. The number of methoxy groups -OCH3 is 1. The third kappa shape index (κ3) is 3.26. The Hall–Kier alpha value is -2.41. The second-order valence-corrected chi connectivity index (χ2v) is 6.44. The van der Waals surface area contributed by atoms with E-state index in [-0.39, 0.29) is 11.8 Å². The molecule has 0 bridgehead atoms. The molecule has 1 unspecified atom stereocenters. The van der Waals surface area contributed by atoms with Crippen molar-refractivity contribution in [2.45, 2.75) is 13.0 Å². The van der Waals surface area contributed by atoms with Gasteiger partial charge in [0.2, 0.25) is 5.91 Å². The number of anilines is 1. The van der Waals surface area contributed by atoms with E-state index in [2.05, 4.69) is 5.32 Å². The molecule has 7 heteroatoms. The molecule has 0 radical (unpaired) electrons. The number of benzene rings is 1. The third-order valence-electron chi connectivity index (χ3n) is 3.86. The van der Waals surface area contributed by atoms with Crippen molar-refractivity contribution in [3.63, 3.8) is 0 Å². The van der Waals surface area contributed by atoms with E-state index in [1.807, 2.05) is 6.92 Å². The monoisotopic (exact) mass is 346 g/mol. The predicted octanol–water partition coefficient (Wildman–Crippen LogP) is 2.75. The first-order chi connectivity index (χ1) is 11.6. The van der Waals surface area contributed by atoms with Gasteiger partial charge in [-0.25, -0.2) is 0 Å². The quantitative estimate of drug-likeness (QED) is 0.922. The van der Waals surface area contributed by atoms with Gasteiger partial charge >= 0.3 is 0 Å². The molecular formula is C17H18N2O4S. The van der Waals surface area contributed by atoms with E-state index in [1.165, 1.54) is 6.26 Å². The summed E-state index contributed by atoms with van der Waals surface area (Å²) in [5.74, 6) is 1.59. The van der Waals surface area contributed by atoms with Crippen molar-refractivity contribution in [1.82, 2.24) is 4.90 Å². The van der Waals surface area contributed by atoms with E-state index >= 15 is 0 Å². The molecular weight excluding hydrogens is 328 g/mol. The van der Waals surface area contributed by atoms with Gasteiger partial charge < -0.3 is 19.4 Å². The van der Waals surface area contributed by atoms with E-state index in [0.717, 1.165) is 11.3 Å². The maximum atomic E-state index is 12.6. The molecule has 126 valence electrons. The molecule has 0 aliphatic carbocycles. The Morgan fingerprint density at radius 3 is 2.67 bits per heavy atom. The minimum absolute atomic E-state index is 0.206. The minimum atomic E-state index is -0.519. The average molecular weight is 346 g/mol. The lowest BCUT2D eigenvalue weighted by Gasteiger charge is -2.22. The number of carbonyl (C=O) groups is 2. The van der Waals surface area contributed by atoms with Crippen molar-refractivity contribution in [3.05, 3.63) is 47.9 Å². The van der Waals surface area contributed by atoms with Gasteiger partial charge in [-0.15, -0.1) is 11.8 Å². The molecule has 1 aliphatic rings. The van der Waals surface area contributed by atoms with E-state index in [1.54, 1.807) is 54.1 Å². The van der Waals surface area contributed by atoms with Crippen LogP contribution in [0.1, 0.15) is 16.1 Å². The van der Waals surface area contributed by atoms with Crippen LogP contribution in [0.5, 0.6) is 5.75 Å². The SMILES string of the molecule is COc1ccc(NC(=O)C2CSCN2C(=O)c2occc2C)cc1. The molecule has 0 spiro atoms. The Morgan fingerprint density at radius 2 is 2.04 bits per heavy atom. The first-order valence-corrected chi connectivity index (χ1v) is 8.63. The van der Waals surface area contributed by atoms with Crippen molar-refractivity contribution in [3.8, 4) is 5.75 Å². The summed E-state index contributed by atoms with van der Waals surface area (Å²) in [5.41, 5.74) is 1.44. The Bertz CT molecular complexity index is 741. The number of furan rings is 1. The Morgan fingerprint density at radius 1 is 1.29 bits per heavy atom. The van der Waals surface area contributed by atoms with Gasteiger partial charge in [0.25, 0.3) is 5.91 Å². The number of hydrogen-bond acceptors (Lipinski definition) is 5. The molecule has 2 heterocycles. The first kappa shape index (κ1) is 16.4. The van der Waals surface area contributed by atoms with Crippen LogP contribution in [0.4, 0.5) is 5.69 Å². The van der Waals surface area contributed by atoms with Crippen LogP contribution in [-0.4, -0.2) is 41.5 Å². The summed E-state index contributed by atoms with van der Waals surface area (Å²) in [6.45, 7) is 1.81. The number of nitrogens with zero attached hydrogens (tertiary/aromatic N) is 1. The number of ether oxygens (including phenoxy) is 1. The number of hydrogen-bond donors (Lipinski definition) is 1. The normalized spacial score (nSPS) is 16.9. The van der Waals surface area contributed by atoms with Crippen LogP contribution in [0.2, 0.25) is 0 Å². The molecule has 1 aliphatic heterocycles. The standard InChI is InChI=1S/C17H18N2O4S/c1-11-7-8-23-15(11)17(21)19-10-24-9-14(19)16(20)18-12-3-5-13(22-2)6-4-12/h3-8,14H,9-10H2,1-2H3,(H,18,20). The fourth-order valence-corrected chi connectivity index (χ4v) is 3.64. The third-order valence-corrected chi connectivity index (χ3v) is 4.87. The van der Waals surface area contributed by atoms with Crippen LogP contribution in [0.3, 0.4) is 0 Å². The fourth-order valence-electron chi connectivity index (χ4n) is 2.48.